The lowest BCUT2D eigenvalue weighted by Gasteiger charge is -2.17. The molecule has 0 N–H and O–H groups in total. The first-order valence-electron chi connectivity index (χ1n) is 9.99. The Morgan fingerprint density at radius 1 is 1.07 bits per heavy atom. The van der Waals surface area contributed by atoms with E-state index in [9.17, 15) is 9.59 Å². The number of fused-ring (bicyclic) bond motifs is 6. The summed E-state index contributed by atoms with van der Waals surface area (Å²) in [6.45, 7) is 0. The van der Waals surface area contributed by atoms with Crippen molar-refractivity contribution in [3.05, 3.63) is 42.5 Å². The molecule has 2 bridgehead atoms. The summed E-state index contributed by atoms with van der Waals surface area (Å²) in [4.78, 5) is 32.3. The summed E-state index contributed by atoms with van der Waals surface area (Å²) in [5.41, 5.74) is 1.64. The van der Waals surface area contributed by atoms with E-state index in [1.807, 2.05) is 30.0 Å². The molecule has 5 atom stereocenters. The first-order valence-corrected chi connectivity index (χ1v) is 11.7. The molecule has 0 spiro atoms. The van der Waals surface area contributed by atoms with E-state index in [0.717, 1.165) is 21.0 Å². The number of nitrogens with zero attached hydrogens (tertiary/aromatic N) is 2. The molecule has 1 aliphatic heterocycles. The second-order valence-electron chi connectivity index (χ2n) is 8.16. The van der Waals surface area contributed by atoms with Crippen LogP contribution in [-0.2, 0) is 9.59 Å². The van der Waals surface area contributed by atoms with Crippen molar-refractivity contribution in [2.75, 3.05) is 4.90 Å². The van der Waals surface area contributed by atoms with Gasteiger partial charge in [-0.05, 0) is 55.7 Å². The maximum atomic E-state index is 13.0. The highest BCUT2D eigenvalue weighted by Crippen LogP contribution is 2.53. The largest absolute Gasteiger partial charge is 0.274 e. The summed E-state index contributed by atoms with van der Waals surface area (Å²) in [6.07, 6.45) is 13.4. The van der Waals surface area contributed by atoms with Gasteiger partial charge in [0.15, 0.2) is 4.34 Å². The number of hydrogen-bond donors (Lipinski definition) is 0. The number of carbonyl (C=O) groups is 2. The predicted octanol–water partition coefficient (Wildman–Crippen LogP) is 4.81. The van der Waals surface area contributed by atoms with Crippen LogP contribution in [0, 0.1) is 23.7 Å². The summed E-state index contributed by atoms with van der Waals surface area (Å²) in [5, 5.41) is 0.498. The summed E-state index contributed by atoms with van der Waals surface area (Å²) in [6, 6.07) is 5.80. The number of anilines is 1. The van der Waals surface area contributed by atoms with E-state index in [1.165, 1.54) is 24.2 Å². The van der Waals surface area contributed by atoms with Crippen molar-refractivity contribution in [2.45, 2.75) is 35.3 Å². The molecule has 4 nitrogen and oxygen atoms in total. The molecule has 142 valence electrons. The zero-order chi connectivity index (χ0) is 18.8. The van der Waals surface area contributed by atoms with Crippen molar-refractivity contribution in [1.29, 1.82) is 0 Å². The normalized spacial score (nSPS) is 33.4. The second-order valence-corrected chi connectivity index (χ2v) is 10.7. The number of rotatable bonds is 3. The number of benzene rings is 1. The Kier molecular flexibility index (Phi) is 3.82. The van der Waals surface area contributed by atoms with E-state index in [-0.39, 0.29) is 35.5 Å². The van der Waals surface area contributed by atoms with Gasteiger partial charge in [-0.2, -0.15) is 0 Å². The highest BCUT2D eigenvalue weighted by Gasteiger charge is 2.59. The Bertz CT molecular complexity index is 1030. The van der Waals surface area contributed by atoms with Gasteiger partial charge >= 0.3 is 0 Å². The van der Waals surface area contributed by atoms with Crippen molar-refractivity contribution >= 4 is 50.8 Å². The molecule has 1 saturated heterocycles. The highest BCUT2D eigenvalue weighted by molar-refractivity contribution is 8.01. The van der Waals surface area contributed by atoms with E-state index in [2.05, 4.69) is 24.3 Å². The lowest BCUT2D eigenvalue weighted by molar-refractivity contribution is -0.123. The summed E-state index contributed by atoms with van der Waals surface area (Å²) < 4.78 is 2.10. The molecule has 2 amide bonds. The Labute approximate surface area is 171 Å². The van der Waals surface area contributed by atoms with Gasteiger partial charge in [-0.25, -0.2) is 9.88 Å². The number of carbonyl (C=O) groups excluding carboxylic acids is 2. The fourth-order valence-electron chi connectivity index (χ4n) is 5.25. The summed E-state index contributed by atoms with van der Waals surface area (Å²) >= 11 is 3.47. The number of thioether (sulfide) groups is 1. The van der Waals surface area contributed by atoms with Crippen molar-refractivity contribution in [3.63, 3.8) is 0 Å². The maximum absolute atomic E-state index is 13.0. The molecule has 4 aliphatic rings. The molecule has 6 heteroatoms. The summed E-state index contributed by atoms with van der Waals surface area (Å²) in [7, 11) is 0. The Morgan fingerprint density at radius 2 is 1.86 bits per heavy atom. The lowest BCUT2D eigenvalue weighted by Crippen LogP contribution is -2.32. The third-order valence-corrected chi connectivity index (χ3v) is 8.88. The smallest absolute Gasteiger partial charge is 0.238 e. The number of amides is 2. The van der Waals surface area contributed by atoms with E-state index in [0.29, 0.717) is 10.9 Å². The number of imide groups is 1. The maximum Gasteiger partial charge on any atom is 0.238 e. The van der Waals surface area contributed by atoms with Gasteiger partial charge in [0, 0.05) is 5.25 Å². The number of allylic oxidation sites excluding steroid dienone is 3. The highest BCUT2D eigenvalue weighted by atomic mass is 32.2. The zero-order valence-corrected chi connectivity index (χ0v) is 16.9. The SMILES string of the molecule is O=C1C2C3C=CC(C3)C2C(=O)N1c1ccc2nc(SC3C=CCCC3)sc2c1. The van der Waals surface area contributed by atoms with E-state index in [4.69, 9.17) is 4.98 Å². The Hall–Kier alpha value is -1.92. The van der Waals surface area contributed by atoms with Gasteiger partial charge in [0.25, 0.3) is 0 Å². The van der Waals surface area contributed by atoms with Crippen LogP contribution in [0.3, 0.4) is 0 Å². The van der Waals surface area contributed by atoms with Gasteiger partial charge in [-0.1, -0.05) is 36.1 Å². The van der Waals surface area contributed by atoms with Crippen LogP contribution in [0.2, 0.25) is 0 Å². The van der Waals surface area contributed by atoms with Crippen molar-refractivity contribution < 1.29 is 9.59 Å². The summed E-state index contributed by atoms with van der Waals surface area (Å²) in [5.74, 6) is 0.160. The Morgan fingerprint density at radius 3 is 2.57 bits per heavy atom. The average molecular weight is 409 g/mol. The number of thiazole rings is 1. The molecular formula is C22H20N2O2S2. The van der Waals surface area contributed by atoms with Crippen LogP contribution >= 0.6 is 23.1 Å². The predicted molar refractivity (Wildman–Crippen MR) is 112 cm³/mol. The van der Waals surface area contributed by atoms with Crippen molar-refractivity contribution in [3.8, 4) is 0 Å². The van der Waals surface area contributed by atoms with E-state index >= 15 is 0 Å². The molecule has 2 heterocycles. The van der Waals surface area contributed by atoms with Crippen LogP contribution in [-0.4, -0.2) is 22.0 Å². The van der Waals surface area contributed by atoms with Crippen LogP contribution < -0.4 is 4.90 Å². The van der Waals surface area contributed by atoms with Gasteiger partial charge < -0.3 is 0 Å². The quantitative estimate of drug-likeness (QED) is 0.540. The molecule has 2 aromatic rings. The molecule has 6 rings (SSSR count). The lowest BCUT2D eigenvalue weighted by atomic mass is 9.85. The van der Waals surface area contributed by atoms with Gasteiger partial charge in [0.1, 0.15) is 0 Å². The molecule has 1 aromatic carbocycles. The fraction of sp³-hybridized carbons (Fsp3) is 0.409. The van der Waals surface area contributed by atoms with Crippen molar-refractivity contribution in [2.24, 2.45) is 23.7 Å². The molecule has 28 heavy (non-hydrogen) atoms. The van der Waals surface area contributed by atoms with Gasteiger partial charge in [-0.15, -0.1) is 11.3 Å². The minimum Gasteiger partial charge on any atom is -0.274 e. The topological polar surface area (TPSA) is 50.3 Å². The van der Waals surface area contributed by atoms with E-state index < -0.39 is 0 Å². The minimum atomic E-state index is -0.149. The Balaban J connectivity index is 1.30. The van der Waals surface area contributed by atoms with E-state index in [1.54, 1.807) is 11.3 Å². The standard InChI is InChI=1S/C22H20N2O2S2/c25-20-18-12-6-7-13(10-12)19(18)21(26)24(20)14-8-9-16-17(11-14)28-22(23-16)27-15-4-2-1-3-5-15/h2,4,6-9,11-13,15,18-19H,1,3,5,10H2. The molecule has 1 aromatic heterocycles. The first-order chi connectivity index (χ1) is 13.7. The van der Waals surface area contributed by atoms with Crippen LogP contribution in [0.15, 0.2) is 46.8 Å². The minimum absolute atomic E-state index is 0.0161. The van der Waals surface area contributed by atoms with Crippen LogP contribution in [0.5, 0.6) is 0 Å². The molecule has 2 fully saturated rings. The third-order valence-electron chi connectivity index (χ3n) is 6.54. The molecule has 5 unspecified atom stereocenters. The van der Waals surface area contributed by atoms with Gasteiger partial charge in [-0.3, -0.25) is 9.59 Å². The number of hydrogen-bond acceptors (Lipinski definition) is 5. The third kappa shape index (κ3) is 2.47. The van der Waals surface area contributed by atoms with Crippen LogP contribution in [0.4, 0.5) is 5.69 Å². The monoisotopic (exact) mass is 408 g/mol. The average Bonchev–Trinajstić information content (AvgIpc) is 3.45. The second kappa shape index (κ2) is 6.29. The molecular weight excluding hydrogens is 388 g/mol. The zero-order valence-electron chi connectivity index (χ0n) is 15.3. The van der Waals surface area contributed by atoms with Gasteiger partial charge in [0.05, 0.1) is 27.7 Å². The first kappa shape index (κ1) is 17.0. The van der Waals surface area contributed by atoms with Crippen LogP contribution in [0.25, 0.3) is 10.2 Å². The fourth-order valence-corrected chi connectivity index (χ4v) is 7.69. The number of aromatic nitrogens is 1. The van der Waals surface area contributed by atoms with Crippen molar-refractivity contribution in [1.82, 2.24) is 4.98 Å². The van der Waals surface area contributed by atoms with Crippen LogP contribution in [0.1, 0.15) is 25.7 Å². The molecule has 1 saturated carbocycles. The van der Waals surface area contributed by atoms with Gasteiger partial charge in [0.2, 0.25) is 11.8 Å². The molecule has 0 radical (unpaired) electrons. The molecule has 3 aliphatic carbocycles.